The first-order valence-corrected chi connectivity index (χ1v) is 16.8. The van der Waals surface area contributed by atoms with E-state index in [-0.39, 0.29) is 45.2 Å². The molecule has 43 heavy (non-hydrogen) atoms. The Morgan fingerprint density at radius 3 is 2.28 bits per heavy atom. The van der Waals surface area contributed by atoms with Crippen molar-refractivity contribution >= 4 is 12.0 Å². The van der Waals surface area contributed by atoms with Gasteiger partial charge in [0, 0.05) is 11.5 Å². The summed E-state index contributed by atoms with van der Waals surface area (Å²) in [6.07, 6.45) is 19.0. The third-order valence-corrected chi connectivity index (χ3v) is 14.1. The monoisotopic (exact) mass is 586 g/mol. The molecule has 7 atom stereocenters. The van der Waals surface area contributed by atoms with Crippen molar-refractivity contribution in [2.45, 2.75) is 119 Å². The zero-order valence-corrected chi connectivity index (χ0v) is 27.8. The van der Waals surface area contributed by atoms with Gasteiger partial charge in [-0.2, -0.15) is 0 Å². The van der Waals surface area contributed by atoms with Crippen LogP contribution in [0, 0.1) is 44.3 Å². The van der Waals surface area contributed by atoms with E-state index in [0.29, 0.717) is 28.2 Å². The third kappa shape index (κ3) is 4.55. The first kappa shape index (κ1) is 30.5. The van der Waals surface area contributed by atoms with E-state index < -0.39 is 0 Å². The Bertz CT molecular complexity index is 1410. The highest BCUT2D eigenvalue weighted by Crippen LogP contribution is 2.74. The van der Waals surface area contributed by atoms with Gasteiger partial charge in [-0.25, -0.2) is 4.79 Å². The molecule has 4 saturated carbocycles. The molecule has 0 spiro atoms. The van der Waals surface area contributed by atoms with Gasteiger partial charge in [0.05, 0.1) is 0 Å². The van der Waals surface area contributed by atoms with Crippen LogP contribution in [-0.2, 0) is 9.53 Å². The van der Waals surface area contributed by atoms with E-state index in [4.69, 9.17) is 4.74 Å². The molecule has 0 aliphatic heterocycles. The molecule has 4 heteroatoms. The van der Waals surface area contributed by atoms with Crippen LogP contribution in [-0.4, -0.2) is 22.3 Å². The second-order valence-electron chi connectivity index (χ2n) is 17.3. The topological polar surface area (TPSA) is 66.8 Å². The van der Waals surface area contributed by atoms with Crippen LogP contribution in [0.4, 0.5) is 0 Å². The van der Waals surface area contributed by atoms with Crippen molar-refractivity contribution in [2.24, 2.45) is 44.3 Å². The number of aromatic hydroxyl groups is 2. The van der Waals surface area contributed by atoms with E-state index in [2.05, 4.69) is 67.5 Å². The molecular formula is C39H54O4. The van der Waals surface area contributed by atoms with Crippen LogP contribution in [0.5, 0.6) is 11.5 Å². The number of carbonyl (C=O) groups excluding carboxylic acids is 1. The highest BCUT2D eigenvalue weighted by molar-refractivity contribution is 5.87. The second-order valence-corrected chi connectivity index (χ2v) is 17.3. The number of phenols is 2. The van der Waals surface area contributed by atoms with Crippen molar-refractivity contribution in [3.05, 3.63) is 53.1 Å². The van der Waals surface area contributed by atoms with Crippen molar-refractivity contribution in [3.63, 3.8) is 0 Å². The summed E-state index contributed by atoms with van der Waals surface area (Å²) in [5.74, 6) is 0.381. The fourth-order valence-corrected chi connectivity index (χ4v) is 11.0. The molecule has 4 fully saturated rings. The first-order chi connectivity index (χ1) is 20.0. The summed E-state index contributed by atoms with van der Waals surface area (Å²) in [5.41, 5.74) is 5.18. The lowest BCUT2D eigenvalue weighted by molar-refractivity contribution is -0.169. The molecule has 0 unspecified atom stereocenters. The predicted octanol–water partition coefficient (Wildman–Crippen LogP) is 9.76. The third-order valence-electron chi connectivity index (χ3n) is 14.1. The Hall–Kier alpha value is -2.49. The predicted molar refractivity (Wildman–Crippen MR) is 173 cm³/mol. The summed E-state index contributed by atoms with van der Waals surface area (Å²) in [6.45, 7) is 19.9. The lowest BCUT2D eigenvalue weighted by Gasteiger charge is -2.68. The summed E-state index contributed by atoms with van der Waals surface area (Å²) in [5, 5.41) is 19.4. The smallest absolute Gasteiger partial charge is 0.331 e. The van der Waals surface area contributed by atoms with Crippen molar-refractivity contribution in [2.75, 3.05) is 0 Å². The van der Waals surface area contributed by atoms with Crippen LogP contribution >= 0.6 is 0 Å². The number of benzene rings is 1. The lowest BCUT2D eigenvalue weighted by Crippen LogP contribution is -2.61. The zero-order valence-electron chi connectivity index (χ0n) is 27.8. The number of hydrogen-bond acceptors (Lipinski definition) is 4. The normalized spacial score (nSPS) is 41.2. The fraction of sp³-hybridized carbons (Fsp3) is 0.667. The number of carbonyl (C=O) groups is 1. The van der Waals surface area contributed by atoms with E-state index in [1.165, 1.54) is 56.7 Å². The second kappa shape index (κ2) is 9.75. The zero-order chi connectivity index (χ0) is 31.2. The molecule has 234 valence electrons. The molecule has 0 bridgehead atoms. The average Bonchev–Trinajstić information content (AvgIpc) is 2.92. The minimum atomic E-state index is -0.354. The molecule has 0 radical (unpaired) electrons. The summed E-state index contributed by atoms with van der Waals surface area (Å²) in [6, 6.07) is 4.52. The van der Waals surface area contributed by atoms with Crippen LogP contribution in [0.2, 0.25) is 0 Å². The maximum atomic E-state index is 13.0. The fourth-order valence-electron chi connectivity index (χ4n) is 11.0. The molecule has 5 aliphatic carbocycles. The summed E-state index contributed by atoms with van der Waals surface area (Å²) in [7, 11) is 0. The molecule has 0 heterocycles. The van der Waals surface area contributed by atoms with Crippen molar-refractivity contribution in [1.29, 1.82) is 0 Å². The molecule has 1 aromatic carbocycles. The van der Waals surface area contributed by atoms with Gasteiger partial charge in [0.25, 0.3) is 0 Å². The van der Waals surface area contributed by atoms with Crippen molar-refractivity contribution in [3.8, 4) is 11.5 Å². The maximum Gasteiger partial charge on any atom is 0.331 e. The SMILES string of the molecule is CC1(C)CC[C@]2(C)CC[C@]3(C)C(=CC=C4[C@@]5(C)CC[C@H](OC(=O)C=Cc6ccc(O)c(O)c6)C(C)(C)[C@@H]5CC[C@]43C)[C@@H]2C1. The van der Waals surface area contributed by atoms with Crippen molar-refractivity contribution in [1.82, 2.24) is 0 Å². The quantitative estimate of drug-likeness (QED) is 0.210. The van der Waals surface area contributed by atoms with Crippen LogP contribution in [0.15, 0.2) is 47.6 Å². The van der Waals surface area contributed by atoms with Gasteiger partial charge < -0.3 is 14.9 Å². The molecule has 5 aliphatic rings. The molecule has 0 saturated heterocycles. The molecule has 0 amide bonds. The van der Waals surface area contributed by atoms with Gasteiger partial charge in [0.15, 0.2) is 11.5 Å². The van der Waals surface area contributed by atoms with Gasteiger partial charge in [-0.1, -0.05) is 84.8 Å². The number of ether oxygens (including phenoxy) is 1. The minimum absolute atomic E-state index is 0.0798. The van der Waals surface area contributed by atoms with E-state index >= 15 is 0 Å². The number of phenolic OH excluding ortho intramolecular Hbond substituents is 2. The highest BCUT2D eigenvalue weighted by Gasteiger charge is 2.66. The Labute approximate surface area is 259 Å². The van der Waals surface area contributed by atoms with Crippen LogP contribution < -0.4 is 0 Å². The largest absolute Gasteiger partial charge is 0.504 e. The van der Waals surface area contributed by atoms with E-state index in [1.807, 2.05) is 0 Å². The number of rotatable bonds is 3. The minimum Gasteiger partial charge on any atom is -0.504 e. The average molecular weight is 587 g/mol. The maximum absolute atomic E-state index is 13.0. The molecule has 0 aromatic heterocycles. The number of hydrogen-bond donors (Lipinski definition) is 2. The highest BCUT2D eigenvalue weighted by atomic mass is 16.5. The van der Waals surface area contributed by atoms with E-state index in [0.717, 1.165) is 19.3 Å². The molecule has 4 nitrogen and oxygen atoms in total. The van der Waals surface area contributed by atoms with Gasteiger partial charge in [0.1, 0.15) is 6.10 Å². The molecule has 2 N–H and O–H groups in total. The van der Waals surface area contributed by atoms with Gasteiger partial charge in [-0.15, -0.1) is 0 Å². The Morgan fingerprint density at radius 1 is 0.837 bits per heavy atom. The standard InChI is InChI=1S/C39H54O4/c1-34(2)19-20-36(5)21-22-38(7)26(27(36)24-34)11-13-31-37(6)17-16-32(35(3,4)30(37)15-18-39(31,38)8)43-33(42)14-10-25-9-12-28(40)29(41)23-25/h9-14,23,27,30,32,40-41H,15-22,24H2,1-8H3/t27-,30-,32-,36+,37-,38+,39+/m0/s1. The van der Waals surface area contributed by atoms with Gasteiger partial charge in [-0.3, -0.25) is 0 Å². The van der Waals surface area contributed by atoms with Crippen LogP contribution in [0.1, 0.15) is 119 Å². The van der Waals surface area contributed by atoms with E-state index in [1.54, 1.807) is 23.3 Å². The van der Waals surface area contributed by atoms with Gasteiger partial charge >= 0.3 is 5.97 Å². The Balaban J connectivity index is 1.26. The first-order valence-electron chi connectivity index (χ1n) is 16.8. The van der Waals surface area contributed by atoms with Gasteiger partial charge in [-0.05, 0) is 120 Å². The summed E-state index contributed by atoms with van der Waals surface area (Å²) < 4.78 is 6.16. The summed E-state index contributed by atoms with van der Waals surface area (Å²) in [4.78, 5) is 13.0. The number of fused-ring (bicyclic) bond motifs is 7. The number of allylic oxidation sites excluding steroid dienone is 4. The Kier molecular flexibility index (Phi) is 6.93. The summed E-state index contributed by atoms with van der Waals surface area (Å²) >= 11 is 0. The van der Waals surface area contributed by atoms with Gasteiger partial charge in [0.2, 0.25) is 0 Å². The van der Waals surface area contributed by atoms with Crippen LogP contribution in [0.25, 0.3) is 6.08 Å². The molecule has 1 aromatic rings. The molecule has 6 rings (SSSR count). The lowest BCUT2D eigenvalue weighted by atomic mass is 9.36. The Morgan fingerprint density at radius 2 is 1.56 bits per heavy atom. The number of esters is 1. The van der Waals surface area contributed by atoms with E-state index in [9.17, 15) is 15.0 Å². The molecular weight excluding hydrogens is 532 g/mol. The van der Waals surface area contributed by atoms with Crippen LogP contribution in [0.3, 0.4) is 0 Å². The van der Waals surface area contributed by atoms with Crippen molar-refractivity contribution < 1.29 is 19.7 Å².